The SMILES string of the molecule is CC(=O)Oc1cccc2c1C(=O)O[C@@H](C/C=C/I)C[C@H]1CC[C@H](O[Si](C)(C)C(C)(C)C)[C@H](C2)O1. The van der Waals surface area contributed by atoms with Gasteiger partial charge in [0.2, 0.25) is 0 Å². The molecule has 1 aromatic carbocycles. The standard InChI is InChI=1S/C26H37IO6Si/c1-17(28)30-22-11-7-9-18-15-23-21(33-34(5,6)26(2,3)4)13-12-20(31-23)16-19(10-8-14-27)32-25(29)24(18)22/h7-9,11,14,19-21,23H,10,12-13,15-16H2,1-6H3/b14-8+/t19-,20+,21-,23-/m0/s1. The summed E-state index contributed by atoms with van der Waals surface area (Å²) in [6.07, 6.45) is 4.94. The fourth-order valence-electron chi connectivity index (χ4n) is 4.32. The van der Waals surface area contributed by atoms with Gasteiger partial charge in [0.15, 0.2) is 8.32 Å². The first-order valence-corrected chi connectivity index (χ1v) is 16.2. The van der Waals surface area contributed by atoms with Gasteiger partial charge in [-0.3, -0.25) is 4.79 Å². The van der Waals surface area contributed by atoms with Crippen LogP contribution in [0.4, 0.5) is 0 Å². The van der Waals surface area contributed by atoms with Gasteiger partial charge in [-0.15, -0.1) is 0 Å². The molecule has 1 saturated heterocycles. The number of hydrogen-bond acceptors (Lipinski definition) is 6. The van der Waals surface area contributed by atoms with Crippen molar-refractivity contribution in [1.82, 2.24) is 0 Å². The Kier molecular flexibility index (Phi) is 9.03. The Morgan fingerprint density at radius 1 is 1.26 bits per heavy atom. The summed E-state index contributed by atoms with van der Waals surface area (Å²) in [5.41, 5.74) is 1.06. The molecule has 2 aliphatic rings. The molecule has 0 unspecified atom stereocenters. The van der Waals surface area contributed by atoms with Crippen LogP contribution in [0.1, 0.15) is 69.3 Å². The summed E-state index contributed by atoms with van der Waals surface area (Å²) >= 11 is 2.17. The van der Waals surface area contributed by atoms with Crippen LogP contribution in [0.15, 0.2) is 28.4 Å². The topological polar surface area (TPSA) is 71.1 Å². The summed E-state index contributed by atoms with van der Waals surface area (Å²) in [6.45, 7) is 12.6. The molecule has 188 valence electrons. The van der Waals surface area contributed by atoms with Crippen molar-refractivity contribution in [2.45, 2.75) is 102 Å². The summed E-state index contributed by atoms with van der Waals surface area (Å²) in [5, 5.41) is 0.0842. The van der Waals surface area contributed by atoms with E-state index in [2.05, 4.69) is 56.5 Å². The molecule has 0 radical (unpaired) electrons. The molecule has 0 aliphatic carbocycles. The minimum Gasteiger partial charge on any atom is -0.458 e. The van der Waals surface area contributed by atoms with Crippen LogP contribution in [-0.2, 0) is 25.1 Å². The number of carbonyl (C=O) groups is 2. The van der Waals surface area contributed by atoms with E-state index >= 15 is 0 Å². The van der Waals surface area contributed by atoms with Gasteiger partial charge in [-0.05, 0) is 46.7 Å². The van der Waals surface area contributed by atoms with Crippen LogP contribution in [0, 0.1) is 0 Å². The van der Waals surface area contributed by atoms with E-state index in [1.807, 2.05) is 16.2 Å². The van der Waals surface area contributed by atoms with E-state index in [-0.39, 0.29) is 35.2 Å². The fourth-order valence-corrected chi connectivity index (χ4v) is 5.99. The second kappa shape index (κ2) is 11.2. The lowest BCUT2D eigenvalue weighted by atomic mass is 9.91. The summed E-state index contributed by atoms with van der Waals surface area (Å²) in [6, 6.07) is 5.33. The van der Waals surface area contributed by atoms with E-state index in [9.17, 15) is 9.59 Å². The van der Waals surface area contributed by atoms with Crippen molar-refractivity contribution in [2.24, 2.45) is 0 Å². The molecule has 0 amide bonds. The molecule has 2 aliphatic heterocycles. The molecule has 8 heteroatoms. The van der Waals surface area contributed by atoms with Crippen molar-refractivity contribution in [3.63, 3.8) is 0 Å². The Balaban J connectivity index is 2.01. The van der Waals surface area contributed by atoms with Gasteiger partial charge in [0.05, 0.1) is 18.3 Å². The summed E-state index contributed by atoms with van der Waals surface area (Å²) in [7, 11) is -2.02. The summed E-state index contributed by atoms with van der Waals surface area (Å²) < 4.78 is 26.7. The zero-order valence-corrected chi connectivity index (χ0v) is 24.2. The third-order valence-electron chi connectivity index (χ3n) is 7.09. The highest BCUT2D eigenvalue weighted by atomic mass is 127. The van der Waals surface area contributed by atoms with Crippen LogP contribution in [-0.4, -0.2) is 44.7 Å². The minimum absolute atomic E-state index is 0.00267. The van der Waals surface area contributed by atoms with E-state index in [1.165, 1.54) is 6.92 Å². The van der Waals surface area contributed by atoms with Crippen LogP contribution in [0.2, 0.25) is 18.1 Å². The number of carbonyl (C=O) groups excluding carboxylic acids is 2. The molecule has 1 fully saturated rings. The number of benzene rings is 1. The van der Waals surface area contributed by atoms with Gasteiger partial charge in [-0.1, -0.05) is 61.6 Å². The zero-order chi connectivity index (χ0) is 25.1. The lowest BCUT2D eigenvalue weighted by molar-refractivity contribution is -0.131. The predicted octanol–water partition coefficient (Wildman–Crippen LogP) is 6.36. The van der Waals surface area contributed by atoms with Crippen LogP contribution in [0.3, 0.4) is 0 Å². The van der Waals surface area contributed by atoms with Crippen molar-refractivity contribution in [3.8, 4) is 5.75 Å². The molecule has 3 rings (SSSR count). The van der Waals surface area contributed by atoms with Crippen LogP contribution < -0.4 is 4.74 Å². The van der Waals surface area contributed by atoms with Gasteiger partial charge >= 0.3 is 11.9 Å². The van der Waals surface area contributed by atoms with Gasteiger partial charge in [0, 0.05) is 26.2 Å². The second-order valence-corrected chi connectivity index (χ2v) is 16.2. The second-order valence-electron chi connectivity index (χ2n) is 10.7. The normalized spacial score (nSPS) is 26.0. The first-order chi connectivity index (χ1) is 15.9. The molecule has 2 bridgehead atoms. The first-order valence-electron chi connectivity index (χ1n) is 12.0. The molecule has 0 saturated carbocycles. The van der Waals surface area contributed by atoms with Crippen molar-refractivity contribution < 1.29 is 28.2 Å². The highest BCUT2D eigenvalue weighted by molar-refractivity contribution is 14.1. The van der Waals surface area contributed by atoms with Gasteiger partial charge in [-0.25, -0.2) is 4.79 Å². The van der Waals surface area contributed by atoms with Gasteiger partial charge in [0.25, 0.3) is 0 Å². The van der Waals surface area contributed by atoms with E-state index < -0.39 is 20.3 Å². The Bertz CT molecular complexity index is 922. The van der Waals surface area contributed by atoms with E-state index in [0.717, 1.165) is 18.4 Å². The average Bonchev–Trinajstić information content (AvgIpc) is 2.72. The molecule has 0 aromatic heterocycles. The van der Waals surface area contributed by atoms with Crippen LogP contribution >= 0.6 is 22.6 Å². The Morgan fingerprint density at radius 3 is 2.65 bits per heavy atom. The molecule has 2 heterocycles. The van der Waals surface area contributed by atoms with Crippen LogP contribution in [0.5, 0.6) is 5.75 Å². The molecule has 1 aromatic rings. The van der Waals surface area contributed by atoms with E-state index in [1.54, 1.807) is 12.1 Å². The largest absolute Gasteiger partial charge is 0.458 e. The molecular formula is C26H37IO6Si. The maximum Gasteiger partial charge on any atom is 0.342 e. The van der Waals surface area contributed by atoms with Crippen molar-refractivity contribution in [2.75, 3.05) is 0 Å². The predicted molar refractivity (Wildman–Crippen MR) is 143 cm³/mol. The Labute approximate surface area is 218 Å². The number of esters is 2. The number of fused-ring (bicyclic) bond motifs is 3. The van der Waals surface area contributed by atoms with Gasteiger partial charge < -0.3 is 18.6 Å². The molecule has 0 spiro atoms. The molecule has 0 N–H and O–H groups in total. The molecular weight excluding hydrogens is 563 g/mol. The number of hydrogen-bond donors (Lipinski definition) is 0. The van der Waals surface area contributed by atoms with Crippen molar-refractivity contribution in [3.05, 3.63) is 39.5 Å². The molecule has 34 heavy (non-hydrogen) atoms. The lowest BCUT2D eigenvalue weighted by Gasteiger charge is -2.45. The number of rotatable bonds is 5. The highest BCUT2D eigenvalue weighted by Crippen LogP contribution is 2.41. The number of ether oxygens (including phenoxy) is 3. The monoisotopic (exact) mass is 600 g/mol. The van der Waals surface area contributed by atoms with E-state index in [4.69, 9.17) is 18.6 Å². The smallest absolute Gasteiger partial charge is 0.342 e. The molecule has 4 atom stereocenters. The third kappa shape index (κ3) is 6.70. The zero-order valence-electron chi connectivity index (χ0n) is 21.1. The maximum atomic E-state index is 13.4. The summed E-state index contributed by atoms with van der Waals surface area (Å²) in [5.74, 6) is -0.704. The average molecular weight is 601 g/mol. The summed E-state index contributed by atoms with van der Waals surface area (Å²) in [4.78, 5) is 25.1. The van der Waals surface area contributed by atoms with Gasteiger partial charge in [0.1, 0.15) is 17.4 Å². The number of cyclic esters (lactones) is 1. The highest BCUT2D eigenvalue weighted by Gasteiger charge is 2.44. The Morgan fingerprint density at radius 2 is 2.00 bits per heavy atom. The first kappa shape index (κ1) is 27.4. The maximum absolute atomic E-state index is 13.4. The van der Waals surface area contributed by atoms with Crippen molar-refractivity contribution in [1.29, 1.82) is 0 Å². The van der Waals surface area contributed by atoms with Crippen LogP contribution in [0.25, 0.3) is 0 Å². The number of halogens is 1. The van der Waals surface area contributed by atoms with Gasteiger partial charge in [-0.2, -0.15) is 0 Å². The minimum atomic E-state index is -2.02. The lowest BCUT2D eigenvalue weighted by Crippen LogP contribution is -2.51. The fraction of sp³-hybridized carbons (Fsp3) is 0.615. The van der Waals surface area contributed by atoms with Crippen molar-refractivity contribution >= 4 is 42.8 Å². The molecule has 6 nitrogen and oxygen atoms in total. The van der Waals surface area contributed by atoms with E-state index in [0.29, 0.717) is 24.8 Å². The Hall–Kier alpha value is -1.23. The third-order valence-corrected chi connectivity index (χ3v) is 12.1. The quantitative estimate of drug-likeness (QED) is 0.170.